The number of hydrogen-bond donors (Lipinski definition) is 2. The van der Waals surface area contributed by atoms with E-state index in [0.717, 1.165) is 13.0 Å². The summed E-state index contributed by atoms with van der Waals surface area (Å²) in [5.74, 6) is -0.280. The molecule has 0 unspecified atom stereocenters. The maximum atomic E-state index is 11.8. The number of ether oxygens (including phenoxy) is 1. The second-order valence-electron chi connectivity index (χ2n) is 5.05. The lowest BCUT2D eigenvalue weighted by Gasteiger charge is -2.30. The topological polar surface area (TPSA) is 70.7 Å². The molecule has 2 N–H and O–H groups in total. The van der Waals surface area contributed by atoms with Crippen molar-refractivity contribution in [1.82, 2.24) is 15.5 Å². The zero-order valence-electron chi connectivity index (χ0n) is 12.1. The normalized spacial score (nSPS) is 19.2. The molecule has 1 aliphatic heterocycles. The van der Waals surface area contributed by atoms with Crippen molar-refractivity contribution in [3.8, 4) is 0 Å². The minimum atomic E-state index is -0.433. The lowest BCUT2D eigenvalue weighted by molar-refractivity contribution is -0.122. The summed E-state index contributed by atoms with van der Waals surface area (Å²) in [5.41, 5.74) is 0. The van der Waals surface area contributed by atoms with Gasteiger partial charge in [0.2, 0.25) is 5.91 Å². The fourth-order valence-electron chi connectivity index (χ4n) is 2.20. The van der Waals surface area contributed by atoms with Crippen molar-refractivity contribution in [2.45, 2.75) is 19.4 Å². The summed E-state index contributed by atoms with van der Waals surface area (Å²) in [6.45, 7) is 4.79. The zero-order chi connectivity index (χ0) is 15.1. The van der Waals surface area contributed by atoms with Crippen LogP contribution in [0.1, 0.15) is 11.8 Å². The summed E-state index contributed by atoms with van der Waals surface area (Å²) in [7, 11) is 0. The van der Waals surface area contributed by atoms with Gasteiger partial charge in [0.15, 0.2) is 0 Å². The molecule has 0 spiro atoms. The first kappa shape index (κ1) is 15.9. The molecule has 0 aromatic carbocycles. The molecule has 7 heteroatoms. The van der Waals surface area contributed by atoms with Crippen molar-refractivity contribution in [2.24, 2.45) is 0 Å². The van der Waals surface area contributed by atoms with Crippen molar-refractivity contribution in [2.75, 3.05) is 32.8 Å². The Morgan fingerprint density at radius 3 is 3.10 bits per heavy atom. The Hall–Kier alpha value is -1.44. The van der Waals surface area contributed by atoms with E-state index in [-0.39, 0.29) is 18.6 Å². The van der Waals surface area contributed by atoms with Crippen LogP contribution in [0.15, 0.2) is 17.5 Å². The number of thiophene rings is 1. The number of hydrogen-bond acceptors (Lipinski definition) is 5. The molecule has 2 heterocycles. The highest BCUT2D eigenvalue weighted by molar-refractivity contribution is 7.09. The standard InChI is InChI=1S/C14H21N3O3S/c1-11-9-17(6-7-20-11)10-13(18)16-14(19)15-5-4-12-3-2-8-21-12/h2-3,8,11H,4-7,9-10H2,1H3,(H2,15,16,18,19)/t11-/m0/s1. The summed E-state index contributed by atoms with van der Waals surface area (Å²) in [6.07, 6.45) is 0.909. The SMILES string of the molecule is C[C@H]1CN(CC(=O)NC(=O)NCCc2cccs2)CCO1. The minimum Gasteiger partial charge on any atom is -0.376 e. The lowest BCUT2D eigenvalue weighted by atomic mass is 10.3. The molecule has 1 aromatic heterocycles. The van der Waals surface area contributed by atoms with Gasteiger partial charge >= 0.3 is 6.03 Å². The molecule has 0 saturated carbocycles. The molecule has 116 valence electrons. The minimum absolute atomic E-state index is 0.131. The van der Waals surface area contributed by atoms with Crippen LogP contribution < -0.4 is 10.6 Å². The molecule has 6 nitrogen and oxygen atoms in total. The Morgan fingerprint density at radius 1 is 1.52 bits per heavy atom. The highest BCUT2D eigenvalue weighted by Crippen LogP contribution is 2.08. The molecular formula is C14H21N3O3S. The summed E-state index contributed by atoms with van der Waals surface area (Å²) in [4.78, 5) is 26.6. The monoisotopic (exact) mass is 311 g/mol. The third kappa shape index (κ3) is 5.82. The Balaban J connectivity index is 1.61. The van der Waals surface area contributed by atoms with Gasteiger partial charge in [-0.3, -0.25) is 15.0 Å². The van der Waals surface area contributed by atoms with Crippen molar-refractivity contribution in [3.63, 3.8) is 0 Å². The first-order chi connectivity index (χ1) is 10.1. The fourth-order valence-corrected chi connectivity index (χ4v) is 2.91. The maximum absolute atomic E-state index is 11.8. The Morgan fingerprint density at radius 2 is 2.38 bits per heavy atom. The Bertz CT molecular complexity index is 464. The van der Waals surface area contributed by atoms with Gasteiger partial charge in [-0.1, -0.05) is 6.07 Å². The predicted molar refractivity (Wildman–Crippen MR) is 81.4 cm³/mol. The molecule has 0 aliphatic carbocycles. The highest BCUT2D eigenvalue weighted by Gasteiger charge is 2.19. The second-order valence-corrected chi connectivity index (χ2v) is 6.08. The zero-order valence-corrected chi connectivity index (χ0v) is 12.9. The first-order valence-electron chi connectivity index (χ1n) is 7.07. The average Bonchev–Trinajstić information content (AvgIpc) is 2.91. The van der Waals surface area contributed by atoms with Gasteiger partial charge in [-0.15, -0.1) is 11.3 Å². The number of amides is 3. The molecule has 0 bridgehead atoms. The van der Waals surface area contributed by atoms with Crippen molar-refractivity contribution in [1.29, 1.82) is 0 Å². The molecule has 1 atom stereocenters. The van der Waals surface area contributed by atoms with Crippen LogP contribution in [-0.4, -0.2) is 55.7 Å². The number of urea groups is 1. The van der Waals surface area contributed by atoms with E-state index in [1.807, 2.05) is 29.3 Å². The van der Waals surface area contributed by atoms with Crippen LogP contribution in [0.4, 0.5) is 4.79 Å². The maximum Gasteiger partial charge on any atom is 0.321 e. The third-order valence-electron chi connectivity index (χ3n) is 3.18. The van der Waals surface area contributed by atoms with Gasteiger partial charge < -0.3 is 10.1 Å². The number of morpholine rings is 1. The van der Waals surface area contributed by atoms with Crippen LogP contribution >= 0.6 is 11.3 Å². The summed E-state index contributed by atoms with van der Waals surface area (Å²) in [5, 5.41) is 7.05. The van der Waals surface area contributed by atoms with Gasteiger partial charge in [0.05, 0.1) is 19.3 Å². The largest absolute Gasteiger partial charge is 0.376 e. The van der Waals surface area contributed by atoms with Crippen LogP contribution in [-0.2, 0) is 16.0 Å². The molecule has 1 aliphatic rings. The van der Waals surface area contributed by atoms with Crippen LogP contribution in [0.5, 0.6) is 0 Å². The number of carbonyl (C=O) groups is 2. The molecule has 0 radical (unpaired) electrons. The fraction of sp³-hybridized carbons (Fsp3) is 0.571. The van der Waals surface area contributed by atoms with E-state index in [1.54, 1.807) is 11.3 Å². The summed E-state index contributed by atoms with van der Waals surface area (Å²) in [6, 6.07) is 3.57. The Labute approximate surface area is 128 Å². The molecule has 1 fully saturated rings. The molecular weight excluding hydrogens is 290 g/mol. The molecule has 3 amide bonds. The van der Waals surface area contributed by atoms with Gasteiger partial charge in [-0.25, -0.2) is 4.79 Å². The van der Waals surface area contributed by atoms with E-state index in [9.17, 15) is 9.59 Å². The van der Waals surface area contributed by atoms with Crippen LogP contribution in [0, 0.1) is 0 Å². The van der Waals surface area contributed by atoms with Crippen LogP contribution in [0.25, 0.3) is 0 Å². The smallest absolute Gasteiger partial charge is 0.321 e. The van der Waals surface area contributed by atoms with Gasteiger partial charge in [0.25, 0.3) is 0 Å². The van der Waals surface area contributed by atoms with Crippen LogP contribution in [0.2, 0.25) is 0 Å². The Kier molecular flexibility index (Phi) is 6.16. The second kappa shape index (κ2) is 8.11. The van der Waals surface area contributed by atoms with E-state index in [1.165, 1.54) is 4.88 Å². The highest BCUT2D eigenvalue weighted by atomic mass is 32.1. The quantitative estimate of drug-likeness (QED) is 0.845. The van der Waals surface area contributed by atoms with Crippen molar-refractivity contribution < 1.29 is 14.3 Å². The van der Waals surface area contributed by atoms with E-state index < -0.39 is 6.03 Å². The summed E-state index contributed by atoms with van der Waals surface area (Å²) < 4.78 is 5.41. The number of carbonyl (C=O) groups excluding carboxylic acids is 2. The third-order valence-corrected chi connectivity index (χ3v) is 4.12. The van der Waals surface area contributed by atoms with E-state index in [4.69, 9.17) is 4.74 Å². The molecule has 2 rings (SSSR count). The molecule has 1 aromatic rings. The number of rotatable bonds is 5. The number of nitrogens with one attached hydrogen (secondary N) is 2. The van der Waals surface area contributed by atoms with Crippen LogP contribution in [0.3, 0.4) is 0 Å². The molecule has 1 saturated heterocycles. The van der Waals surface area contributed by atoms with Gasteiger partial charge in [0.1, 0.15) is 0 Å². The first-order valence-corrected chi connectivity index (χ1v) is 7.95. The van der Waals surface area contributed by atoms with Crippen molar-refractivity contribution in [3.05, 3.63) is 22.4 Å². The predicted octanol–water partition coefficient (Wildman–Crippen LogP) is 0.837. The van der Waals surface area contributed by atoms with Crippen molar-refractivity contribution >= 4 is 23.3 Å². The summed E-state index contributed by atoms with van der Waals surface area (Å²) >= 11 is 1.65. The number of nitrogens with zero attached hydrogens (tertiary/aromatic N) is 1. The van der Waals surface area contributed by atoms with Gasteiger partial charge in [0, 0.05) is 24.5 Å². The van der Waals surface area contributed by atoms with Gasteiger partial charge in [-0.2, -0.15) is 0 Å². The van der Waals surface area contributed by atoms with Gasteiger partial charge in [-0.05, 0) is 24.8 Å². The van der Waals surface area contributed by atoms with E-state index in [0.29, 0.717) is 19.7 Å². The van der Waals surface area contributed by atoms with E-state index in [2.05, 4.69) is 10.6 Å². The average molecular weight is 311 g/mol. The van der Waals surface area contributed by atoms with E-state index >= 15 is 0 Å². The lowest BCUT2D eigenvalue weighted by Crippen LogP contribution is -2.49. The number of imide groups is 1. The molecule has 21 heavy (non-hydrogen) atoms.